The molecular formula is C18H20N2O2S. The molecule has 0 N–H and O–H groups in total. The fourth-order valence-corrected chi connectivity index (χ4v) is 5.22. The predicted octanol–water partition coefficient (Wildman–Crippen LogP) is 3.66. The van der Waals surface area contributed by atoms with E-state index in [1.54, 1.807) is 30.7 Å². The van der Waals surface area contributed by atoms with Gasteiger partial charge in [-0.2, -0.15) is 0 Å². The fraction of sp³-hybridized carbons (Fsp3) is 0.389. The van der Waals surface area contributed by atoms with Crippen molar-refractivity contribution in [3.8, 4) is 0 Å². The summed E-state index contributed by atoms with van der Waals surface area (Å²) in [4.78, 5) is 4.06. The zero-order valence-corrected chi connectivity index (χ0v) is 14.0. The first kappa shape index (κ1) is 14.7. The average Bonchev–Trinajstić information content (AvgIpc) is 2.90. The van der Waals surface area contributed by atoms with Gasteiger partial charge in [-0.1, -0.05) is 30.2 Å². The smallest absolute Gasteiger partial charge is 0.248 e. The van der Waals surface area contributed by atoms with Crippen molar-refractivity contribution in [2.45, 2.75) is 37.4 Å². The Morgan fingerprint density at radius 1 is 1.30 bits per heavy atom. The quantitative estimate of drug-likeness (QED) is 0.864. The van der Waals surface area contributed by atoms with Gasteiger partial charge in [0.15, 0.2) is 0 Å². The van der Waals surface area contributed by atoms with E-state index in [0.29, 0.717) is 17.9 Å². The van der Waals surface area contributed by atoms with E-state index in [1.807, 2.05) is 19.1 Å². The Balaban J connectivity index is 1.76. The van der Waals surface area contributed by atoms with E-state index in [-0.39, 0.29) is 0 Å². The van der Waals surface area contributed by atoms with Crippen LogP contribution in [-0.4, -0.2) is 22.1 Å². The summed E-state index contributed by atoms with van der Waals surface area (Å²) in [5.74, 6) is 0.570. The summed E-state index contributed by atoms with van der Waals surface area (Å²) in [5.41, 5.74) is 1.97. The van der Waals surface area contributed by atoms with Gasteiger partial charge >= 0.3 is 0 Å². The first-order valence-corrected chi connectivity index (χ1v) is 9.50. The van der Waals surface area contributed by atoms with Crippen molar-refractivity contribution in [3.63, 3.8) is 0 Å². The molecule has 0 amide bonds. The van der Waals surface area contributed by atoms with E-state index in [0.717, 1.165) is 5.39 Å². The second kappa shape index (κ2) is 5.06. The molecule has 1 atom stereocenters. The van der Waals surface area contributed by atoms with Crippen molar-refractivity contribution < 1.29 is 8.42 Å². The molecule has 23 heavy (non-hydrogen) atoms. The topological polar surface area (TPSA) is 52.0 Å². The predicted molar refractivity (Wildman–Crippen MR) is 91.6 cm³/mol. The minimum absolute atomic E-state index is 0.570. The molecule has 120 valence electrons. The highest BCUT2D eigenvalue weighted by molar-refractivity contribution is 7.91. The Morgan fingerprint density at radius 2 is 2.13 bits per heavy atom. The molecule has 0 aliphatic heterocycles. The molecule has 0 radical (unpaired) electrons. The summed E-state index contributed by atoms with van der Waals surface area (Å²) in [6, 6.07) is 3.56. The van der Waals surface area contributed by atoms with Crippen LogP contribution in [0.5, 0.6) is 0 Å². The highest BCUT2D eigenvalue weighted by atomic mass is 32.2. The number of pyridine rings is 1. The molecule has 2 heterocycles. The molecule has 0 aromatic carbocycles. The second-order valence-electron chi connectivity index (χ2n) is 6.77. The van der Waals surface area contributed by atoms with Crippen molar-refractivity contribution >= 4 is 20.9 Å². The monoisotopic (exact) mass is 328 g/mol. The van der Waals surface area contributed by atoms with Gasteiger partial charge in [-0.3, -0.25) is 4.98 Å². The number of hydrogen-bond donors (Lipinski definition) is 0. The third-order valence-electron chi connectivity index (χ3n) is 5.25. The van der Waals surface area contributed by atoms with E-state index in [4.69, 9.17) is 0 Å². The van der Waals surface area contributed by atoms with Crippen LogP contribution >= 0.6 is 0 Å². The number of allylic oxidation sites excluding steroid dienone is 3. The van der Waals surface area contributed by atoms with Crippen LogP contribution in [0.25, 0.3) is 10.9 Å². The summed E-state index contributed by atoms with van der Waals surface area (Å²) in [6.07, 6.45) is 15.0. The van der Waals surface area contributed by atoms with Crippen LogP contribution < -0.4 is 0 Å². The summed E-state index contributed by atoms with van der Waals surface area (Å²) in [7, 11) is -3.53. The summed E-state index contributed by atoms with van der Waals surface area (Å²) in [6.45, 7) is 1.83. The minimum Gasteiger partial charge on any atom is -0.264 e. The number of nitrogens with zero attached hydrogens (tertiary/aromatic N) is 2. The van der Waals surface area contributed by atoms with Crippen LogP contribution in [-0.2, 0) is 10.0 Å². The maximum Gasteiger partial charge on any atom is 0.248 e. The number of rotatable bonds is 3. The second-order valence-corrected chi connectivity index (χ2v) is 9.05. The van der Waals surface area contributed by atoms with Crippen molar-refractivity contribution in [2.24, 2.45) is 5.92 Å². The van der Waals surface area contributed by atoms with E-state index in [9.17, 15) is 8.42 Å². The molecule has 4 nitrogen and oxygen atoms in total. The highest BCUT2D eigenvalue weighted by Gasteiger charge is 2.42. The van der Waals surface area contributed by atoms with Gasteiger partial charge in [-0.25, -0.2) is 12.4 Å². The first-order valence-electron chi connectivity index (χ1n) is 8.06. The van der Waals surface area contributed by atoms with Gasteiger partial charge in [0.2, 0.25) is 10.0 Å². The molecule has 2 aliphatic carbocycles. The van der Waals surface area contributed by atoms with Gasteiger partial charge in [0.25, 0.3) is 0 Å². The van der Waals surface area contributed by atoms with Gasteiger partial charge in [0, 0.05) is 24.0 Å². The summed E-state index contributed by atoms with van der Waals surface area (Å²) >= 11 is 0. The molecule has 4 rings (SSSR count). The lowest BCUT2D eigenvalue weighted by Crippen LogP contribution is -2.40. The molecule has 1 saturated carbocycles. The number of hydrogen-bond acceptors (Lipinski definition) is 3. The van der Waals surface area contributed by atoms with Crippen LogP contribution in [0.4, 0.5) is 0 Å². The fourth-order valence-electron chi connectivity index (χ4n) is 3.53. The van der Waals surface area contributed by atoms with Crippen LogP contribution in [0.15, 0.2) is 54.5 Å². The highest BCUT2D eigenvalue weighted by Crippen LogP contribution is 2.42. The van der Waals surface area contributed by atoms with E-state index >= 15 is 0 Å². The van der Waals surface area contributed by atoms with Gasteiger partial charge in [-0.05, 0) is 44.2 Å². The lowest BCUT2D eigenvalue weighted by atomic mass is 9.75. The molecule has 0 saturated heterocycles. The van der Waals surface area contributed by atoms with Crippen molar-refractivity contribution in [3.05, 3.63) is 54.5 Å². The molecule has 2 aromatic heterocycles. The van der Waals surface area contributed by atoms with Crippen molar-refractivity contribution in [2.75, 3.05) is 0 Å². The molecule has 2 aromatic rings. The van der Waals surface area contributed by atoms with Crippen molar-refractivity contribution in [1.82, 2.24) is 8.96 Å². The molecule has 0 bridgehead atoms. The Labute approximate surface area is 136 Å². The maximum atomic E-state index is 13.3. The first-order chi connectivity index (χ1) is 11.0. The van der Waals surface area contributed by atoms with Gasteiger partial charge in [0.1, 0.15) is 4.75 Å². The van der Waals surface area contributed by atoms with Crippen LogP contribution in [0.1, 0.15) is 32.6 Å². The van der Waals surface area contributed by atoms with E-state index in [2.05, 4.69) is 11.1 Å². The zero-order valence-electron chi connectivity index (χ0n) is 13.1. The molecule has 5 heteroatoms. The lowest BCUT2D eigenvalue weighted by molar-refractivity contribution is 0.353. The van der Waals surface area contributed by atoms with Crippen molar-refractivity contribution in [1.29, 1.82) is 0 Å². The van der Waals surface area contributed by atoms with Gasteiger partial charge in [-0.15, -0.1) is 0 Å². The zero-order chi connectivity index (χ0) is 16.1. The van der Waals surface area contributed by atoms with Gasteiger partial charge in [0.05, 0.1) is 5.52 Å². The Morgan fingerprint density at radius 3 is 2.87 bits per heavy atom. The standard InChI is InChI=1S/C18H20N2O2S/c1-18(9-3-6-15(12-18)14-4-2-5-14)23(21,22)20-11-8-16-13-19-10-7-17(16)20/h3,6-11,13-14H,2,4-5,12H2,1H3. The number of fused-ring (bicyclic) bond motifs is 1. The summed E-state index contributed by atoms with van der Waals surface area (Å²) < 4.78 is 27.2. The normalized spacial score (nSPS) is 25.3. The van der Waals surface area contributed by atoms with Crippen LogP contribution in [0.2, 0.25) is 0 Å². The molecule has 1 unspecified atom stereocenters. The number of aromatic nitrogens is 2. The molecular weight excluding hydrogens is 308 g/mol. The largest absolute Gasteiger partial charge is 0.264 e. The average molecular weight is 328 g/mol. The Hall–Kier alpha value is -1.88. The Bertz CT molecular complexity index is 919. The molecule has 1 fully saturated rings. The lowest BCUT2D eigenvalue weighted by Gasteiger charge is -2.36. The van der Waals surface area contributed by atoms with Gasteiger partial charge < -0.3 is 0 Å². The van der Waals surface area contributed by atoms with Crippen LogP contribution in [0, 0.1) is 5.92 Å². The van der Waals surface area contributed by atoms with Crippen LogP contribution in [0.3, 0.4) is 0 Å². The third kappa shape index (κ3) is 2.17. The third-order valence-corrected chi connectivity index (χ3v) is 7.54. The molecule has 2 aliphatic rings. The summed E-state index contributed by atoms with van der Waals surface area (Å²) in [5, 5.41) is 0.842. The SMILES string of the molecule is CC1(S(=O)(=O)n2ccc3cnccc32)C=CC=C(C2CCC2)C1. The molecule has 0 spiro atoms. The van der Waals surface area contributed by atoms with E-state index < -0.39 is 14.8 Å². The van der Waals surface area contributed by atoms with E-state index in [1.165, 1.54) is 28.8 Å². The minimum atomic E-state index is -3.53. The maximum absolute atomic E-state index is 13.3. The Kier molecular flexibility index (Phi) is 3.23.